The van der Waals surface area contributed by atoms with Crippen LogP contribution in [-0.2, 0) is 9.47 Å². The average Bonchev–Trinajstić information content (AvgIpc) is 3.45. The van der Waals surface area contributed by atoms with E-state index in [9.17, 15) is 13.6 Å². The summed E-state index contributed by atoms with van der Waals surface area (Å²) in [7, 11) is 0. The normalized spacial score (nSPS) is 17.6. The third kappa shape index (κ3) is 6.47. The highest BCUT2D eigenvalue weighted by Gasteiger charge is 2.40. The fraction of sp³-hybridized carbons (Fsp3) is 0.458. The summed E-state index contributed by atoms with van der Waals surface area (Å²) < 4.78 is 46.1. The summed E-state index contributed by atoms with van der Waals surface area (Å²) in [5.41, 5.74) is 0.0499. The van der Waals surface area contributed by atoms with Gasteiger partial charge in [0.2, 0.25) is 17.7 Å². The number of nitrogens with one attached hydrogen (secondary N) is 1. The van der Waals surface area contributed by atoms with E-state index >= 15 is 0 Å². The molecule has 4 rings (SSSR count). The van der Waals surface area contributed by atoms with Crippen LogP contribution in [0.2, 0.25) is 0 Å². The van der Waals surface area contributed by atoms with Crippen LogP contribution < -0.4 is 15.0 Å². The largest absolute Gasteiger partial charge is 0.447 e. The predicted molar refractivity (Wildman–Crippen MR) is 128 cm³/mol. The van der Waals surface area contributed by atoms with Crippen LogP contribution in [0.15, 0.2) is 41.1 Å². The third-order valence-electron chi connectivity index (χ3n) is 5.35. The van der Waals surface area contributed by atoms with Crippen LogP contribution in [0.3, 0.4) is 0 Å². The lowest BCUT2D eigenvalue weighted by atomic mass is 10.1. The highest BCUT2D eigenvalue weighted by atomic mass is 19.3. The van der Waals surface area contributed by atoms with Crippen molar-refractivity contribution in [2.45, 2.75) is 65.0 Å². The third-order valence-corrected chi connectivity index (χ3v) is 5.35. The van der Waals surface area contributed by atoms with Crippen LogP contribution in [0.1, 0.15) is 46.6 Å². The molecular weight excluding hydrogens is 490 g/mol. The summed E-state index contributed by atoms with van der Waals surface area (Å²) in [5, 5.41) is 6.99. The minimum atomic E-state index is -2.94. The number of benzene rings is 1. The molecule has 0 bridgehead atoms. The highest BCUT2D eigenvalue weighted by Crippen LogP contribution is 2.28. The van der Waals surface area contributed by atoms with Crippen molar-refractivity contribution in [3.8, 4) is 17.1 Å². The van der Waals surface area contributed by atoms with Gasteiger partial charge >= 0.3 is 12.7 Å². The van der Waals surface area contributed by atoms with E-state index in [1.54, 1.807) is 25.1 Å². The summed E-state index contributed by atoms with van der Waals surface area (Å²) in [6.45, 7) is 6.70. The molecule has 3 aromatic rings. The number of aromatic nitrogens is 4. The van der Waals surface area contributed by atoms with Crippen molar-refractivity contribution in [1.29, 1.82) is 0 Å². The van der Waals surface area contributed by atoms with Crippen molar-refractivity contribution in [1.82, 2.24) is 20.1 Å². The van der Waals surface area contributed by atoms with Gasteiger partial charge in [-0.2, -0.15) is 18.7 Å². The molecule has 2 aromatic heterocycles. The molecule has 1 aliphatic heterocycles. The summed E-state index contributed by atoms with van der Waals surface area (Å²) in [6, 6.07) is 6.72. The Kier molecular flexibility index (Phi) is 7.52. The second kappa shape index (κ2) is 10.6. The highest BCUT2D eigenvalue weighted by molar-refractivity contribution is 5.89. The average molecular weight is 519 g/mol. The number of anilines is 2. The number of ether oxygens (including phenoxy) is 3. The van der Waals surface area contributed by atoms with Gasteiger partial charge in [-0.3, -0.25) is 4.90 Å². The van der Waals surface area contributed by atoms with Crippen molar-refractivity contribution in [2.75, 3.05) is 16.8 Å². The van der Waals surface area contributed by atoms with E-state index in [4.69, 9.17) is 14.0 Å². The number of cyclic esters (lactones) is 1. The molecule has 198 valence electrons. The molecule has 1 aromatic carbocycles. The standard InChI is InChI=1S/C24H28F2N6O5/c1-13(20-30-19(31-37-20)15-7-6-8-16(11-15)35-21(25)26)28-22-27-10-9-18(29-22)32-17(12-34-23(32)33)14(2)36-24(3,4)5/h6-11,13-14,17,21H,12H2,1-5H3,(H,27,28,29)/t13-,14+,17?/m0/s1. The molecule has 1 saturated heterocycles. The maximum atomic E-state index is 12.5. The zero-order valence-corrected chi connectivity index (χ0v) is 21.0. The van der Waals surface area contributed by atoms with Gasteiger partial charge in [0.15, 0.2) is 0 Å². The smallest absolute Gasteiger partial charge is 0.416 e. The zero-order chi connectivity index (χ0) is 26.7. The van der Waals surface area contributed by atoms with E-state index in [2.05, 4.69) is 30.2 Å². The number of hydrogen-bond acceptors (Lipinski definition) is 10. The van der Waals surface area contributed by atoms with E-state index < -0.39 is 24.3 Å². The lowest BCUT2D eigenvalue weighted by Crippen LogP contribution is -2.45. The molecule has 0 aliphatic carbocycles. The Morgan fingerprint density at radius 1 is 1.19 bits per heavy atom. The number of rotatable bonds is 9. The van der Waals surface area contributed by atoms with Crippen molar-refractivity contribution in [2.24, 2.45) is 0 Å². The topological polar surface area (TPSA) is 125 Å². The first-order valence-electron chi connectivity index (χ1n) is 11.6. The van der Waals surface area contributed by atoms with Gasteiger partial charge in [-0.15, -0.1) is 0 Å². The van der Waals surface area contributed by atoms with Crippen LogP contribution in [0.4, 0.5) is 25.3 Å². The molecule has 1 N–H and O–H groups in total. The SMILES string of the molecule is C[C@H](Nc1nccc(N2C(=O)OCC2[C@@H](C)OC(C)(C)C)n1)c1nc(-c2cccc(OC(F)F)c2)no1. The van der Waals surface area contributed by atoms with Gasteiger partial charge in [-0.25, -0.2) is 9.78 Å². The Morgan fingerprint density at radius 2 is 1.97 bits per heavy atom. The second-order valence-corrected chi connectivity index (χ2v) is 9.42. The van der Waals surface area contributed by atoms with Crippen molar-refractivity contribution < 1.29 is 32.3 Å². The van der Waals surface area contributed by atoms with Crippen molar-refractivity contribution in [3.63, 3.8) is 0 Å². The number of carbonyl (C=O) groups excluding carboxylic acids is 1. The number of amides is 1. The lowest BCUT2D eigenvalue weighted by Gasteiger charge is -2.31. The molecule has 3 heterocycles. The van der Waals surface area contributed by atoms with Gasteiger partial charge in [0.1, 0.15) is 30.3 Å². The van der Waals surface area contributed by atoms with Crippen LogP contribution in [0.5, 0.6) is 5.75 Å². The summed E-state index contributed by atoms with van der Waals surface area (Å²) in [4.78, 5) is 27.0. The van der Waals surface area contributed by atoms with Gasteiger partial charge in [0.05, 0.1) is 11.7 Å². The molecule has 0 saturated carbocycles. The van der Waals surface area contributed by atoms with Gasteiger partial charge < -0.3 is 24.1 Å². The minimum Gasteiger partial charge on any atom is -0.447 e. The fourth-order valence-corrected chi connectivity index (χ4v) is 3.83. The van der Waals surface area contributed by atoms with Gasteiger partial charge in [-0.05, 0) is 52.8 Å². The van der Waals surface area contributed by atoms with E-state index in [0.717, 1.165) is 0 Å². The van der Waals surface area contributed by atoms with Gasteiger partial charge in [0.25, 0.3) is 0 Å². The fourth-order valence-electron chi connectivity index (χ4n) is 3.83. The predicted octanol–water partition coefficient (Wildman–Crippen LogP) is 4.83. The summed E-state index contributed by atoms with van der Waals surface area (Å²) >= 11 is 0. The number of nitrogens with zero attached hydrogens (tertiary/aromatic N) is 5. The Hall–Kier alpha value is -3.87. The molecule has 1 fully saturated rings. The van der Waals surface area contributed by atoms with Crippen molar-refractivity contribution in [3.05, 3.63) is 42.4 Å². The molecule has 37 heavy (non-hydrogen) atoms. The molecular formula is C24H28F2N6O5. The number of carbonyl (C=O) groups is 1. The van der Waals surface area contributed by atoms with E-state index in [1.165, 1.54) is 23.2 Å². The number of halogens is 2. The Bertz CT molecular complexity index is 1230. The van der Waals surface area contributed by atoms with Crippen LogP contribution in [0.25, 0.3) is 11.4 Å². The summed E-state index contributed by atoms with van der Waals surface area (Å²) in [5.74, 6) is 0.975. The van der Waals surface area contributed by atoms with E-state index in [0.29, 0.717) is 11.4 Å². The Morgan fingerprint density at radius 3 is 2.70 bits per heavy atom. The minimum absolute atomic E-state index is 0.0174. The van der Waals surface area contributed by atoms with Crippen molar-refractivity contribution >= 4 is 17.9 Å². The van der Waals surface area contributed by atoms with E-state index in [-0.39, 0.29) is 42.2 Å². The second-order valence-electron chi connectivity index (χ2n) is 9.42. The zero-order valence-electron chi connectivity index (χ0n) is 21.0. The first-order valence-corrected chi connectivity index (χ1v) is 11.6. The lowest BCUT2D eigenvalue weighted by molar-refractivity contribution is -0.0618. The molecule has 3 atom stereocenters. The maximum absolute atomic E-state index is 12.5. The molecule has 0 spiro atoms. The molecule has 0 radical (unpaired) electrons. The van der Waals surface area contributed by atoms with Crippen LogP contribution >= 0.6 is 0 Å². The molecule has 1 unspecified atom stereocenters. The number of alkyl halides is 2. The monoisotopic (exact) mass is 518 g/mol. The Labute approximate surface area is 212 Å². The molecule has 1 amide bonds. The van der Waals surface area contributed by atoms with Gasteiger partial charge in [-0.1, -0.05) is 17.3 Å². The summed E-state index contributed by atoms with van der Waals surface area (Å²) in [6.07, 6.45) is 0.688. The maximum Gasteiger partial charge on any atom is 0.416 e. The molecule has 13 heteroatoms. The molecule has 11 nitrogen and oxygen atoms in total. The van der Waals surface area contributed by atoms with Crippen LogP contribution in [-0.4, -0.2) is 57.2 Å². The van der Waals surface area contributed by atoms with E-state index in [1.807, 2.05) is 27.7 Å². The van der Waals surface area contributed by atoms with Gasteiger partial charge in [0, 0.05) is 11.8 Å². The molecule has 1 aliphatic rings. The van der Waals surface area contributed by atoms with Crippen LogP contribution in [0, 0.1) is 0 Å². The first-order chi connectivity index (χ1) is 17.5. The number of hydrogen-bond donors (Lipinski definition) is 1. The quantitative estimate of drug-likeness (QED) is 0.421. The first kappa shape index (κ1) is 26.2. The Balaban J connectivity index is 1.48.